The van der Waals surface area contributed by atoms with Crippen LogP contribution in [0.5, 0.6) is 0 Å². The monoisotopic (exact) mass is 180 g/mol. The molecule has 1 saturated carbocycles. The van der Waals surface area contributed by atoms with Crippen molar-refractivity contribution in [2.24, 2.45) is 11.8 Å². The second-order valence-corrected chi connectivity index (χ2v) is 3.58. The minimum Gasteiger partial charge on any atom is -0.392 e. The molecule has 0 aromatic rings. The van der Waals surface area contributed by atoms with E-state index in [1.807, 2.05) is 13.0 Å². The molecule has 2 rings (SSSR count). The second-order valence-electron chi connectivity index (χ2n) is 3.58. The predicted molar refractivity (Wildman–Crippen MR) is 45.7 cm³/mol. The molecule has 0 radical (unpaired) electrons. The Kier molecular flexibility index (Phi) is 1.94. The van der Waals surface area contributed by atoms with Gasteiger partial charge in [-0.1, -0.05) is 11.6 Å². The van der Waals surface area contributed by atoms with Crippen molar-refractivity contribution in [1.29, 1.82) is 0 Å². The number of allylic oxidation sites excluding steroid dienone is 1. The quantitative estimate of drug-likeness (QED) is 0.322. The fourth-order valence-electron chi connectivity index (χ4n) is 2.24. The molecule has 2 atom stereocenters. The van der Waals surface area contributed by atoms with Gasteiger partial charge in [-0.25, -0.2) is 0 Å². The molecule has 1 saturated heterocycles. The van der Waals surface area contributed by atoms with E-state index in [1.165, 1.54) is 0 Å². The topological polar surface area (TPSA) is 43.4 Å². The van der Waals surface area contributed by atoms with Crippen molar-refractivity contribution in [2.75, 3.05) is 0 Å². The predicted octanol–water partition coefficient (Wildman–Crippen LogP) is 1.43. The first-order valence-corrected chi connectivity index (χ1v) is 4.64. The van der Waals surface area contributed by atoms with Crippen LogP contribution in [0.15, 0.2) is 11.6 Å². The van der Waals surface area contributed by atoms with Crippen molar-refractivity contribution < 1.29 is 14.3 Å². The van der Waals surface area contributed by atoms with E-state index in [0.29, 0.717) is 0 Å². The number of hydrogen-bond donors (Lipinski definition) is 0. The van der Waals surface area contributed by atoms with Gasteiger partial charge < -0.3 is 4.74 Å². The summed E-state index contributed by atoms with van der Waals surface area (Å²) in [6.45, 7) is 1.91. The summed E-state index contributed by atoms with van der Waals surface area (Å²) in [6.07, 6.45) is 4.66. The lowest BCUT2D eigenvalue weighted by molar-refractivity contribution is -0.153. The number of cyclic esters (lactones) is 2. The highest BCUT2D eigenvalue weighted by atomic mass is 16.6. The first-order valence-electron chi connectivity index (χ1n) is 4.64. The van der Waals surface area contributed by atoms with Crippen molar-refractivity contribution in [3.8, 4) is 0 Å². The van der Waals surface area contributed by atoms with Gasteiger partial charge in [-0.2, -0.15) is 0 Å². The molecule has 3 nitrogen and oxygen atoms in total. The molecular formula is C10H12O3. The molecule has 2 fully saturated rings. The highest BCUT2D eigenvalue weighted by Crippen LogP contribution is 2.39. The third-order valence-electron chi connectivity index (χ3n) is 2.91. The van der Waals surface area contributed by atoms with Gasteiger partial charge in [-0.05, 0) is 26.2 Å². The van der Waals surface area contributed by atoms with Gasteiger partial charge in [0, 0.05) is 0 Å². The van der Waals surface area contributed by atoms with E-state index in [4.69, 9.17) is 0 Å². The maximum atomic E-state index is 11.3. The minimum absolute atomic E-state index is 0.188. The van der Waals surface area contributed by atoms with Gasteiger partial charge in [0.15, 0.2) is 0 Å². The van der Waals surface area contributed by atoms with Crippen molar-refractivity contribution in [3.05, 3.63) is 11.6 Å². The van der Waals surface area contributed by atoms with Crippen molar-refractivity contribution in [3.63, 3.8) is 0 Å². The Balaban J connectivity index is 2.32. The fourth-order valence-corrected chi connectivity index (χ4v) is 2.24. The van der Waals surface area contributed by atoms with Crippen LogP contribution in [0.4, 0.5) is 0 Å². The van der Waals surface area contributed by atoms with E-state index in [0.717, 1.165) is 24.8 Å². The molecule has 70 valence electrons. The summed E-state index contributed by atoms with van der Waals surface area (Å²) in [5.41, 5.74) is 1.08. The normalized spacial score (nSPS) is 36.2. The smallest absolute Gasteiger partial charge is 0.321 e. The lowest BCUT2D eigenvalue weighted by Crippen LogP contribution is -2.24. The molecule has 2 aliphatic rings. The maximum Gasteiger partial charge on any atom is 0.321 e. The zero-order chi connectivity index (χ0) is 9.42. The number of esters is 2. The van der Waals surface area contributed by atoms with Gasteiger partial charge >= 0.3 is 11.9 Å². The number of fused-ring (bicyclic) bond motifs is 1. The average Bonchev–Trinajstić information content (AvgIpc) is 2.43. The molecule has 1 aliphatic heterocycles. The lowest BCUT2D eigenvalue weighted by Gasteiger charge is -2.22. The van der Waals surface area contributed by atoms with Crippen molar-refractivity contribution in [1.82, 2.24) is 0 Å². The highest BCUT2D eigenvalue weighted by molar-refractivity contribution is 5.98. The van der Waals surface area contributed by atoms with E-state index >= 15 is 0 Å². The van der Waals surface area contributed by atoms with Crippen LogP contribution >= 0.6 is 0 Å². The summed E-state index contributed by atoms with van der Waals surface area (Å²) in [4.78, 5) is 22.5. The molecule has 0 aromatic heterocycles. The van der Waals surface area contributed by atoms with E-state index in [-0.39, 0.29) is 23.8 Å². The number of carbonyl (C=O) groups is 2. The zero-order valence-electron chi connectivity index (χ0n) is 7.58. The first-order chi connectivity index (χ1) is 6.24. The Morgan fingerprint density at radius 3 is 2.85 bits per heavy atom. The summed E-state index contributed by atoms with van der Waals surface area (Å²) in [5, 5.41) is 0. The van der Waals surface area contributed by atoms with Gasteiger partial charge in [-0.15, -0.1) is 0 Å². The molecule has 0 bridgehead atoms. The van der Waals surface area contributed by atoms with Gasteiger partial charge in [0.05, 0.1) is 11.8 Å². The van der Waals surface area contributed by atoms with Crippen LogP contribution in [0.25, 0.3) is 0 Å². The molecule has 0 spiro atoms. The van der Waals surface area contributed by atoms with Gasteiger partial charge in [0.1, 0.15) is 0 Å². The summed E-state index contributed by atoms with van der Waals surface area (Å²) in [7, 11) is 0. The standard InChI is InChI=1S/C10H12O3/c1-2-6-4-3-5-7-8(6)10(12)13-9(7)11/h2,7-8H,3-5H2,1H3. The summed E-state index contributed by atoms with van der Waals surface area (Å²) < 4.78 is 4.62. The number of rotatable bonds is 0. The summed E-state index contributed by atoms with van der Waals surface area (Å²) in [5.74, 6) is -1.12. The van der Waals surface area contributed by atoms with E-state index in [1.54, 1.807) is 0 Å². The minimum atomic E-state index is -0.345. The Morgan fingerprint density at radius 2 is 2.15 bits per heavy atom. The van der Waals surface area contributed by atoms with Crippen LogP contribution in [0.1, 0.15) is 26.2 Å². The van der Waals surface area contributed by atoms with Crippen LogP contribution in [0.2, 0.25) is 0 Å². The number of hydrogen-bond acceptors (Lipinski definition) is 3. The van der Waals surface area contributed by atoms with E-state index in [2.05, 4.69) is 4.74 Å². The van der Waals surface area contributed by atoms with Crippen LogP contribution < -0.4 is 0 Å². The van der Waals surface area contributed by atoms with Gasteiger partial charge in [0.25, 0.3) is 0 Å². The molecule has 0 amide bonds. The molecule has 0 aromatic carbocycles. The Labute approximate surface area is 76.8 Å². The van der Waals surface area contributed by atoms with Crippen LogP contribution in [0.3, 0.4) is 0 Å². The highest BCUT2D eigenvalue weighted by Gasteiger charge is 2.47. The Morgan fingerprint density at radius 1 is 1.38 bits per heavy atom. The fraction of sp³-hybridized carbons (Fsp3) is 0.600. The number of ether oxygens (including phenoxy) is 1. The third kappa shape index (κ3) is 1.19. The summed E-state index contributed by atoms with van der Waals surface area (Å²) in [6, 6.07) is 0. The van der Waals surface area contributed by atoms with Crippen LogP contribution in [-0.4, -0.2) is 11.9 Å². The molecule has 3 heteroatoms. The average molecular weight is 180 g/mol. The van der Waals surface area contributed by atoms with Crippen molar-refractivity contribution in [2.45, 2.75) is 26.2 Å². The molecular weight excluding hydrogens is 168 g/mol. The molecule has 1 heterocycles. The third-order valence-corrected chi connectivity index (χ3v) is 2.91. The lowest BCUT2D eigenvalue weighted by atomic mass is 9.77. The zero-order valence-corrected chi connectivity index (χ0v) is 7.58. The second kappa shape index (κ2) is 2.98. The van der Waals surface area contributed by atoms with E-state index in [9.17, 15) is 9.59 Å². The molecule has 2 unspecified atom stereocenters. The number of carbonyl (C=O) groups excluding carboxylic acids is 2. The van der Waals surface area contributed by atoms with Gasteiger partial charge in [-0.3, -0.25) is 9.59 Å². The Bertz CT molecular complexity index is 291. The largest absolute Gasteiger partial charge is 0.392 e. The van der Waals surface area contributed by atoms with E-state index < -0.39 is 0 Å². The summed E-state index contributed by atoms with van der Waals surface area (Å²) >= 11 is 0. The first kappa shape index (κ1) is 8.48. The Hall–Kier alpha value is -1.12. The molecule has 0 N–H and O–H groups in total. The van der Waals surface area contributed by atoms with Crippen LogP contribution in [-0.2, 0) is 14.3 Å². The van der Waals surface area contributed by atoms with Crippen LogP contribution in [0, 0.1) is 11.8 Å². The maximum absolute atomic E-state index is 11.3. The molecule has 1 aliphatic carbocycles. The SMILES string of the molecule is CC=C1CCCC2C(=O)OC(=O)C12. The van der Waals surface area contributed by atoms with Crippen molar-refractivity contribution >= 4 is 11.9 Å². The molecule has 13 heavy (non-hydrogen) atoms. The van der Waals surface area contributed by atoms with Gasteiger partial charge in [0.2, 0.25) is 0 Å².